The molecule has 0 atom stereocenters. The molecule has 0 spiro atoms. The number of carbonyl (C=O) groups is 2. The minimum atomic E-state index is -0.0996. The number of furan rings is 1. The van der Waals surface area contributed by atoms with Crippen LogP contribution in [-0.2, 0) is 4.79 Å². The van der Waals surface area contributed by atoms with E-state index >= 15 is 0 Å². The second-order valence-electron chi connectivity index (χ2n) is 6.56. The zero-order valence-corrected chi connectivity index (χ0v) is 15.5. The van der Waals surface area contributed by atoms with E-state index in [1.54, 1.807) is 17.0 Å². The maximum Gasteiger partial charge on any atom is 0.289 e. The summed E-state index contributed by atoms with van der Waals surface area (Å²) in [7, 11) is 0. The standard InChI is InChI=1S/C20H25N3O4/c1-16-4-2-5-17(14-16)26-13-7-21-19(24)15-22-8-10-23(11-9-22)20(25)18-6-3-12-27-18/h2-6,12,14H,7-11,13,15H2,1H3,(H,21,24). The molecule has 0 saturated carbocycles. The van der Waals surface area contributed by atoms with Crippen LogP contribution in [0.15, 0.2) is 47.1 Å². The van der Waals surface area contributed by atoms with Crippen LogP contribution in [-0.4, -0.2) is 67.5 Å². The molecule has 0 radical (unpaired) electrons. The summed E-state index contributed by atoms with van der Waals surface area (Å²) in [5.74, 6) is 1.03. The number of nitrogens with zero attached hydrogens (tertiary/aromatic N) is 2. The molecule has 1 aliphatic rings. The number of ether oxygens (including phenoxy) is 1. The van der Waals surface area contributed by atoms with E-state index in [0.29, 0.717) is 51.6 Å². The van der Waals surface area contributed by atoms with Gasteiger partial charge in [-0.15, -0.1) is 0 Å². The zero-order chi connectivity index (χ0) is 19.1. The number of amides is 2. The highest BCUT2D eigenvalue weighted by Crippen LogP contribution is 2.12. The Labute approximate surface area is 158 Å². The molecule has 2 amide bonds. The Balaban J connectivity index is 1.32. The molecule has 3 rings (SSSR count). The van der Waals surface area contributed by atoms with Gasteiger partial charge in [-0.2, -0.15) is 0 Å². The summed E-state index contributed by atoms with van der Waals surface area (Å²) in [6, 6.07) is 11.2. The van der Waals surface area contributed by atoms with Crippen molar-refractivity contribution in [3.8, 4) is 5.75 Å². The number of hydrogen-bond donors (Lipinski definition) is 1. The van der Waals surface area contributed by atoms with Gasteiger partial charge < -0.3 is 19.4 Å². The lowest BCUT2D eigenvalue weighted by Gasteiger charge is -2.33. The van der Waals surface area contributed by atoms with E-state index in [2.05, 4.69) is 5.32 Å². The number of hydrogen-bond acceptors (Lipinski definition) is 5. The third-order valence-electron chi connectivity index (χ3n) is 4.44. The Morgan fingerprint density at radius 3 is 2.67 bits per heavy atom. The van der Waals surface area contributed by atoms with Gasteiger partial charge in [-0.05, 0) is 36.8 Å². The second kappa shape index (κ2) is 9.23. The van der Waals surface area contributed by atoms with Crippen LogP contribution in [0.2, 0.25) is 0 Å². The average Bonchev–Trinajstić information content (AvgIpc) is 3.20. The van der Waals surface area contributed by atoms with Crippen LogP contribution in [0, 0.1) is 6.92 Å². The fraction of sp³-hybridized carbons (Fsp3) is 0.400. The van der Waals surface area contributed by atoms with Crippen LogP contribution in [0.4, 0.5) is 0 Å². The number of rotatable bonds is 7. The quantitative estimate of drug-likeness (QED) is 0.748. The molecule has 1 aromatic carbocycles. The lowest BCUT2D eigenvalue weighted by atomic mass is 10.2. The smallest absolute Gasteiger partial charge is 0.289 e. The fourth-order valence-electron chi connectivity index (χ4n) is 2.99. The van der Waals surface area contributed by atoms with Crippen molar-refractivity contribution in [3.63, 3.8) is 0 Å². The van der Waals surface area contributed by atoms with Crippen LogP contribution in [0.25, 0.3) is 0 Å². The Kier molecular flexibility index (Phi) is 6.49. The SMILES string of the molecule is Cc1cccc(OCCNC(=O)CN2CCN(C(=O)c3ccco3)CC2)c1. The highest BCUT2D eigenvalue weighted by atomic mass is 16.5. The number of benzene rings is 1. The van der Waals surface area contributed by atoms with E-state index in [0.717, 1.165) is 11.3 Å². The summed E-state index contributed by atoms with van der Waals surface area (Å²) in [6.07, 6.45) is 1.50. The molecule has 1 saturated heterocycles. The first-order valence-electron chi connectivity index (χ1n) is 9.13. The molecule has 1 fully saturated rings. The maximum atomic E-state index is 12.2. The predicted molar refractivity (Wildman–Crippen MR) is 101 cm³/mol. The molecule has 0 aliphatic carbocycles. The molecule has 7 nitrogen and oxygen atoms in total. The van der Waals surface area contributed by atoms with Gasteiger partial charge in [-0.3, -0.25) is 14.5 Å². The minimum Gasteiger partial charge on any atom is -0.492 e. The summed E-state index contributed by atoms with van der Waals surface area (Å²) in [4.78, 5) is 28.1. The first-order chi connectivity index (χ1) is 13.1. The van der Waals surface area contributed by atoms with Gasteiger partial charge in [0.2, 0.25) is 5.91 Å². The van der Waals surface area contributed by atoms with E-state index in [9.17, 15) is 9.59 Å². The Bertz CT molecular complexity index is 752. The van der Waals surface area contributed by atoms with E-state index in [1.165, 1.54) is 6.26 Å². The van der Waals surface area contributed by atoms with Crippen LogP contribution < -0.4 is 10.1 Å². The zero-order valence-electron chi connectivity index (χ0n) is 15.5. The van der Waals surface area contributed by atoms with Gasteiger partial charge in [-0.1, -0.05) is 12.1 Å². The van der Waals surface area contributed by atoms with Crippen molar-refractivity contribution in [1.82, 2.24) is 15.1 Å². The third-order valence-corrected chi connectivity index (χ3v) is 4.44. The van der Waals surface area contributed by atoms with Crippen LogP contribution >= 0.6 is 0 Å². The molecule has 7 heteroatoms. The molecule has 1 N–H and O–H groups in total. The van der Waals surface area contributed by atoms with Gasteiger partial charge in [0.25, 0.3) is 5.91 Å². The maximum absolute atomic E-state index is 12.2. The first kappa shape index (κ1) is 19.0. The van der Waals surface area contributed by atoms with Crippen LogP contribution in [0.5, 0.6) is 5.75 Å². The Hall–Kier alpha value is -2.80. The van der Waals surface area contributed by atoms with Crippen LogP contribution in [0.3, 0.4) is 0 Å². The van der Waals surface area contributed by atoms with Gasteiger partial charge in [0.1, 0.15) is 12.4 Å². The van der Waals surface area contributed by atoms with Crippen molar-refractivity contribution in [1.29, 1.82) is 0 Å². The molecule has 0 unspecified atom stereocenters. The summed E-state index contributed by atoms with van der Waals surface area (Å²) in [5, 5.41) is 2.87. The normalized spacial score (nSPS) is 14.8. The molecule has 2 aromatic rings. The number of piperazine rings is 1. The van der Waals surface area contributed by atoms with E-state index < -0.39 is 0 Å². The highest BCUT2D eigenvalue weighted by Gasteiger charge is 2.24. The largest absolute Gasteiger partial charge is 0.492 e. The molecule has 1 aliphatic heterocycles. The molecule has 27 heavy (non-hydrogen) atoms. The topological polar surface area (TPSA) is 75.0 Å². The Morgan fingerprint density at radius 1 is 1.15 bits per heavy atom. The summed E-state index contributed by atoms with van der Waals surface area (Å²) in [5.41, 5.74) is 1.14. The van der Waals surface area contributed by atoms with E-state index in [4.69, 9.17) is 9.15 Å². The minimum absolute atomic E-state index is 0.0337. The fourth-order valence-corrected chi connectivity index (χ4v) is 2.99. The molecular formula is C20H25N3O4. The monoisotopic (exact) mass is 371 g/mol. The van der Waals surface area contributed by atoms with Crippen molar-refractivity contribution in [2.75, 3.05) is 45.9 Å². The van der Waals surface area contributed by atoms with Crippen molar-refractivity contribution in [3.05, 3.63) is 54.0 Å². The average molecular weight is 371 g/mol. The number of nitrogens with one attached hydrogen (secondary N) is 1. The van der Waals surface area contributed by atoms with E-state index in [1.807, 2.05) is 36.1 Å². The summed E-state index contributed by atoms with van der Waals surface area (Å²) >= 11 is 0. The van der Waals surface area contributed by atoms with Gasteiger partial charge in [-0.25, -0.2) is 0 Å². The molecule has 1 aromatic heterocycles. The molecular weight excluding hydrogens is 346 g/mol. The van der Waals surface area contributed by atoms with Crippen molar-refractivity contribution < 1.29 is 18.7 Å². The lowest BCUT2D eigenvalue weighted by molar-refractivity contribution is -0.122. The molecule has 0 bridgehead atoms. The second-order valence-corrected chi connectivity index (χ2v) is 6.56. The van der Waals surface area contributed by atoms with Gasteiger partial charge >= 0.3 is 0 Å². The van der Waals surface area contributed by atoms with Crippen LogP contribution in [0.1, 0.15) is 16.1 Å². The Morgan fingerprint density at radius 2 is 1.96 bits per heavy atom. The first-order valence-corrected chi connectivity index (χ1v) is 9.13. The van der Waals surface area contributed by atoms with Crippen molar-refractivity contribution in [2.45, 2.75) is 6.92 Å². The highest BCUT2D eigenvalue weighted by molar-refractivity contribution is 5.91. The molecule has 2 heterocycles. The van der Waals surface area contributed by atoms with Gasteiger partial charge in [0.15, 0.2) is 5.76 Å². The summed E-state index contributed by atoms with van der Waals surface area (Å²) in [6.45, 7) is 5.74. The molecule has 144 valence electrons. The number of aryl methyl sites for hydroxylation is 1. The predicted octanol–water partition coefficient (Wildman–Crippen LogP) is 1.54. The van der Waals surface area contributed by atoms with E-state index in [-0.39, 0.29) is 11.8 Å². The van der Waals surface area contributed by atoms with Gasteiger partial charge in [0.05, 0.1) is 19.4 Å². The van der Waals surface area contributed by atoms with Crippen molar-refractivity contribution in [2.24, 2.45) is 0 Å². The van der Waals surface area contributed by atoms with Gasteiger partial charge in [0, 0.05) is 26.2 Å². The third kappa shape index (κ3) is 5.59. The lowest BCUT2D eigenvalue weighted by Crippen LogP contribution is -2.51. The summed E-state index contributed by atoms with van der Waals surface area (Å²) < 4.78 is 10.8. The number of carbonyl (C=O) groups excluding carboxylic acids is 2. The van der Waals surface area contributed by atoms with Crippen molar-refractivity contribution >= 4 is 11.8 Å².